The summed E-state index contributed by atoms with van der Waals surface area (Å²) in [6, 6.07) is 13.1. The number of amides is 2. The van der Waals surface area contributed by atoms with Gasteiger partial charge in [-0.15, -0.1) is 0 Å². The molecule has 0 aliphatic heterocycles. The fraction of sp³-hybridized carbons (Fsp3) is 0.364. The molecule has 6 nitrogen and oxygen atoms in total. The van der Waals surface area contributed by atoms with Gasteiger partial charge in [-0.2, -0.15) is 0 Å². The second-order valence-electron chi connectivity index (χ2n) is 6.76. The summed E-state index contributed by atoms with van der Waals surface area (Å²) in [6.07, 6.45) is -1.01. The second-order valence-corrected chi connectivity index (χ2v) is 6.76. The number of hydrogen-bond donors (Lipinski definition) is 2. The van der Waals surface area contributed by atoms with Gasteiger partial charge in [0.2, 0.25) is 0 Å². The molecule has 2 amide bonds. The quantitative estimate of drug-likeness (QED) is 0.718. The van der Waals surface area contributed by atoms with E-state index in [9.17, 15) is 9.59 Å². The number of carbonyl (C=O) groups excluding carboxylic acids is 2. The van der Waals surface area contributed by atoms with Gasteiger partial charge in [0.05, 0.1) is 0 Å². The monoisotopic (exact) mass is 384 g/mol. The predicted octanol–water partition coefficient (Wildman–Crippen LogP) is 3.38. The Labute approximate surface area is 166 Å². The van der Waals surface area contributed by atoms with Crippen LogP contribution < -0.4 is 20.3 Å². The van der Waals surface area contributed by atoms with E-state index in [2.05, 4.69) is 10.9 Å². The van der Waals surface area contributed by atoms with Crippen molar-refractivity contribution < 1.29 is 19.1 Å². The van der Waals surface area contributed by atoms with Gasteiger partial charge in [-0.1, -0.05) is 31.2 Å². The summed E-state index contributed by atoms with van der Waals surface area (Å²) < 4.78 is 11.4. The van der Waals surface area contributed by atoms with Gasteiger partial charge in [-0.25, -0.2) is 0 Å². The highest BCUT2D eigenvalue weighted by Gasteiger charge is 2.21. The minimum absolute atomic E-state index is 0.419. The van der Waals surface area contributed by atoms with Gasteiger partial charge in [0.15, 0.2) is 12.2 Å². The Morgan fingerprint density at radius 2 is 1.57 bits per heavy atom. The molecule has 2 rings (SSSR count). The first-order chi connectivity index (χ1) is 13.3. The third-order valence-corrected chi connectivity index (χ3v) is 4.50. The maximum absolute atomic E-state index is 12.4. The van der Waals surface area contributed by atoms with Gasteiger partial charge in [0.25, 0.3) is 11.8 Å². The Hall–Kier alpha value is -3.02. The Balaban J connectivity index is 1.88. The molecule has 2 atom stereocenters. The Bertz CT molecular complexity index is 835. The number of ether oxygens (including phenoxy) is 2. The van der Waals surface area contributed by atoms with Crippen molar-refractivity contribution >= 4 is 11.8 Å². The molecule has 2 unspecified atom stereocenters. The third kappa shape index (κ3) is 5.74. The Morgan fingerprint density at radius 3 is 2.21 bits per heavy atom. The molecule has 0 heterocycles. The number of para-hydroxylation sites is 1. The van der Waals surface area contributed by atoms with Gasteiger partial charge in [0, 0.05) is 0 Å². The molecule has 6 heteroatoms. The van der Waals surface area contributed by atoms with Gasteiger partial charge in [0.1, 0.15) is 11.5 Å². The third-order valence-electron chi connectivity index (χ3n) is 4.50. The van der Waals surface area contributed by atoms with Crippen LogP contribution in [-0.2, 0) is 9.59 Å². The SMILES string of the molecule is CCC(Oc1ccccc1C)C(=O)NNC(=O)C(C)Oc1ccc(C)c(C)c1. The zero-order valence-electron chi connectivity index (χ0n) is 17.0. The molecular formula is C22H28N2O4. The van der Waals surface area contributed by atoms with E-state index in [-0.39, 0.29) is 0 Å². The van der Waals surface area contributed by atoms with Crippen molar-refractivity contribution in [2.75, 3.05) is 0 Å². The summed E-state index contributed by atoms with van der Waals surface area (Å²) >= 11 is 0. The average Bonchev–Trinajstić information content (AvgIpc) is 2.68. The fourth-order valence-electron chi connectivity index (χ4n) is 2.51. The zero-order chi connectivity index (χ0) is 20.7. The molecule has 150 valence electrons. The zero-order valence-corrected chi connectivity index (χ0v) is 17.0. The molecule has 2 aromatic rings. The minimum atomic E-state index is -0.764. The van der Waals surface area contributed by atoms with Crippen molar-refractivity contribution in [3.05, 3.63) is 59.2 Å². The fourth-order valence-corrected chi connectivity index (χ4v) is 2.51. The van der Waals surface area contributed by atoms with Crippen LogP contribution in [0.4, 0.5) is 0 Å². The first kappa shape index (κ1) is 21.3. The number of carbonyl (C=O) groups is 2. The highest BCUT2D eigenvalue weighted by Crippen LogP contribution is 2.19. The van der Waals surface area contributed by atoms with E-state index in [0.29, 0.717) is 17.9 Å². The standard InChI is InChI=1S/C22H28N2O4/c1-6-19(28-20-10-8-7-9-15(20)3)22(26)24-23-21(25)17(5)27-18-12-11-14(2)16(4)13-18/h7-13,17,19H,6H2,1-5H3,(H,23,25)(H,24,26). The van der Waals surface area contributed by atoms with Gasteiger partial charge >= 0.3 is 0 Å². The summed E-state index contributed by atoms with van der Waals surface area (Å²) in [5, 5.41) is 0. The molecular weight excluding hydrogens is 356 g/mol. The summed E-state index contributed by atoms with van der Waals surface area (Å²) in [6.45, 7) is 9.36. The summed E-state index contributed by atoms with van der Waals surface area (Å²) in [4.78, 5) is 24.6. The highest BCUT2D eigenvalue weighted by molar-refractivity contribution is 5.86. The van der Waals surface area contributed by atoms with E-state index in [4.69, 9.17) is 9.47 Å². The van der Waals surface area contributed by atoms with E-state index in [0.717, 1.165) is 16.7 Å². The summed E-state index contributed by atoms with van der Waals surface area (Å²) in [5.74, 6) is 0.378. The lowest BCUT2D eigenvalue weighted by Gasteiger charge is -2.20. The van der Waals surface area contributed by atoms with Crippen LogP contribution in [0.25, 0.3) is 0 Å². The van der Waals surface area contributed by atoms with Crippen LogP contribution in [0.2, 0.25) is 0 Å². The Morgan fingerprint density at radius 1 is 0.893 bits per heavy atom. The number of nitrogens with one attached hydrogen (secondary N) is 2. The van der Waals surface area contributed by atoms with E-state index in [1.807, 2.05) is 70.2 Å². The van der Waals surface area contributed by atoms with Crippen LogP contribution in [-0.4, -0.2) is 24.0 Å². The number of hydrazine groups is 1. The van der Waals surface area contributed by atoms with Crippen LogP contribution in [0.3, 0.4) is 0 Å². The molecule has 2 N–H and O–H groups in total. The van der Waals surface area contributed by atoms with Gasteiger partial charge < -0.3 is 9.47 Å². The molecule has 0 spiro atoms. The normalized spacial score (nSPS) is 12.6. The first-order valence-corrected chi connectivity index (χ1v) is 9.37. The molecule has 0 fully saturated rings. The van der Waals surface area contributed by atoms with Crippen LogP contribution in [0.1, 0.15) is 37.0 Å². The summed E-state index contributed by atoms with van der Waals surface area (Å²) in [5.41, 5.74) is 7.99. The number of benzene rings is 2. The number of rotatable bonds is 7. The molecule has 0 aliphatic rings. The molecule has 0 radical (unpaired) electrons. The van der Waals surface area contributed by atoms with E-state index in [1.165, 1.54) is 0 Å². The maximum atomic E-state index is 12.4. The van der Waals surface area contributed by atoms with Crippen molar-refractivity contribution in [3.8, 4) is 11.5 Å². The van der Waals surface area contributed by atoms with Crippen LogP contribution in [0, 0.1) is 20.8 Å². The van der Waals surface area contributed by atoms with E-state index < -0.39 is 24.0 Å². The molecule has 0 aliphatic carbocycles. The molecule has 0 bridgehead atoms. The van der Waals surface area contributed by atoms with E-state index in [1.54, 1.807) is 6.92 Å². The maximum Gasteiger partial charge on any atom is 0.279 e. The molecule has 2 aromatic carbocycles. The first-order valence-electron chi connectivity index (χ1n) is 9.37. The minimum Gasteiger partial charge on any atom is -0.481 e. The van der Waals surface area contributed by atoms with Crippen LogP contribution >= 0.6 is 0 Å². The van der Waals surface area contributed by atoms with Crippen molar-refractivity contribution in [1.29, 1.82) is 0 Å². The summed E-state index contributed by atoms with van der Waals surface area (Å²) in [7, 11) is 0. The lowest BCUT2D eigenvalue weighted by molar-refractivity contribution is -0.135. The lowest BCUT2D eigenvalue weighted by atomic mass is 10.1. The van der Waals surface area contributed by atoms with Gasteiger partial charge in [-0.3, -0.25) is 20.4 Å². The lowest BCUT2D eigenvalue weighted by Crippen LogP contribution is -2.51. The topological polar surface area (TPSA) is 76.7 Å². The smallest absolute Gasteiger partial charge is 0.279 e. The molecule has 28 heavy (non-hydrogen) atoms. The van der Waals surface area contributed by atoms with Crippen molar-refractivity contribution in [1.82, 2.24) is 10.9 Å². The number of aryl methyl sites for hydroxylation is 3. The van der Waals surface area contributed by atoms with Crippen LogP contribution in [0.15, 0.2) is 42.5 Å². The van der Waals surface area contributed by atoms with Crippen molar-refractivity contribution in [2.24, 2.45) is 0 Å². The average molecular weight is 384 g/mol. The number of hydrogen-bond acceptors (Lipinski definition) is 4. The van der Waals surface area contributed by atoms with Crippen LogP contribution in [0.5, 0.6) is 11.5 Å². The molecule has 0 aromatic heterocycles. The van der Waals surface area contributed by atoms with E-state index >= 15 is 0 Å². The van der Waals surface area contributed by atoms with Crippen molar-refractivity contribution in [3.63, 3.8) is 0 Å². The highest BCUT2D eigenvalue weighted by atomic mass is 16.5. The Kier molecular flexibility index (Phi) is 7.44. The largest absolute Gasteiger partial charge is 0.481 e. The second kappa shape index (κ2) is 9.78. The van der Waals surface area contributed by atoms with Gasteiger partial charge in [-0.05, 0) is 69.0 Å². The predicted molar refractivity (Wildman–Crippen MR) is 108 cm³/mol. The van der Waals surface area contributed by atoms with Crippen molar-refractivity contribution in [2.45, 2.75) is 53.2 Å². The molecule has 0 saturated carbocycles. The molecule has 0 saturated heterocycles.